The van der Waals surface area contributed by atoms with Crippen molar-refractivity contribution in [1.29, 1.82) is 0 Å². The molecule has 0 aromatic heterocycles. The van der Waals surface area contributed by atoms with Crippen LogP contribution in [0.15, 0.2) is 48.5 Å². The molecule has 29 heavy (non-hydrogen) atoms. The number of ether oxygens (including phenoxy) is 2. The maximum absolute atomic E-state index is 12.8. The van der Waals surface area contributed by atoms with Gasteiger partial charge in [0.05, 0.1) is 18.7 Å². The van der Waals surface area contributed by atoms with Crippen LogP contribution in [0, 0.1) is 0 Å². The molecule has 2 aromatic carbocycles. The Hall–Kier alpha value is -2.86. The van der Waals surface area contributed by atoms with E-state index in [1.165, 1.54) is 0 Å². The van der Waals surface area contributed by atoms with Crippen LogP contribution in [0.5, 0.6) is 5.75 Å². The summed E-state index contributed by atoms with van der Waals surface area (Å²) in [5.41, 5.74) is 2.51. The van der Waals surface area contributed by atoms with Crippen molar-refractivity contribution in [2.75, 3.05) is 26.7 Å². The van der Waals surface area contributed by atoms with Gasteiger partial charge in [0, 0.05) is 13.0 Å². The highest BCUT2D eigenvalue weighted by atomic mass is 16.5. The maximum atomic E-state index is 12.8. The number of amides is 1. The van der Waals surface area contributed by atoms with E-state index in [4.69, 9.17) is 9.47 Å². The lowest BCUT2D eigenvalue weighted by Crippen LogP contribution is -2.45. The Morgan fingerprint density at radius 2 is 2.00 bits per heavy atom. The van der Waals surface area contributed by atoms with E-state index in [9.17, 15) is 9.59 Å². The van der Waals surface area contributed by atoms with Crippen LogP contribution >= 0.6 is 0 Å². The van der Waals surface area contributed by atoms with Crippen LogP contribution in [0.4, 0.5) is 0 Å². The standard InChI is InChI=1S/C23H26N2O4/c1-28-18-9-6-8-17(13-18)20(25-11-4-5-12-25)15-24-22(26)21-14-16-7-2-3-10-19(16)23(27)29-21/h2-3,6-10,13,20-21H,4-5,11-12,14-15H2,1H3,(H,24,26). The fraction of sp³-hybridized carbons (Fsp3) is 0.391. The molecule has 152 valence electrons. The maximum Gasteiger partial charge on any atom is 0.339 e. The van der Waals surface area contributed by atoms with E-state index in [1.807, 2.05) is 30.3 Å². The Morgan fingerprint density at radius 3 is 2.79 bits per heavy atom. The Labute approximate surface area is 170 Å². The summed E-state index contributed by atoms with van der Waals surface area (Å²) < 4.78 is 10.8. The number of esters is 1. The van der Waals surface area contributed by atoms with Crippen LogP contribution in [-0.4, -0.2) is 49.6 Å². The molecule has 1 saturated heterocycles. The van der Waals surface area contributed by atoms with Crippen molar-refractivity contribution < 1.29 is 19.1 Å². The SMILES string of the molecule is COc1cccc(C(CNC(=O)C2Cc3ccccc3C(=O)O2)N2CCCC2)c1. The fourth-order valence-corrected chi connectivity index (χ4v) is 4.15. The average molecular weight is 394 g/mol. The number of cyclic esters (lactones) is 1. The van der Waals surface area contributed by atoms with Crippen molar-refractivity contribution in [1.82, 2.24) is 10.2 Å². The van der Waals surface area contributed by atoms with Crippen LogP contribution in [0.25, 0.3) is 0 Å². The number of methoxy groups -OCH3 is 1. The predicted octanol–water partition coefficient (Wildman–Crippen LogP) is 2.73. The van der Waals surface area contributed by atoms with Crippen LogP contribution in [0.2, 0.25) is 0 Å². The third kappa shape index (κ3) is 4.27. The van der Waals surface area contributed by atoms with Gasteiger partial charge in [-0.1, -0.05) is 30.3 Å². The van der Waals surface area contributed by atoms with E-state index in [-0.39, 0.29) is 11.9 Å². The number of likely N-dealkylation sites (tertiary alicyclic amines) is 1. The van der Waals surface area contributed by atoms with Crippen molar-refractivity contribution in [3.8, 4) is 5.75 Å². The highest BCUT2D eigenvalue weighted by Crippen LogP contribution is 2.27. The smallest absolute Gasteiger partial charge is 0.339 e. The molecule has 2 atom stereocenters. The molecule has 0 aliphatic carbocycles. The Morgan fingerprint density at radius 1 is 1.21 bits per heavy atom. The second kappa shape index (κ2) is 8.66. The van der Waals surface area contributed by atoms with Crippen molar-refractivity contribution in [2.45, 2.75) is 31.4 Å². The van der Waals surface area contributed by atoms with E-state index in [2.05, 4.69) is 16.3 Å². The van der Waals surface area contributed by atoms with Gasteiger partial charge in [0.1, 0.15) is 5.75 Å². The molecule has 2 aliphatic heterocycles. The molecule has 6 nitrogen and oxygen atoms in total. The number of hydrogen-bond donors (Lipinski definition) is 1. The lowest BCUT2D eigenvalue weighted by molar-refractivity contribution is -0.130. The summed E-state index contributed by atoms with van der Waals surface area (Å²) in [6.07, 6.45) is 1.93. The molecule has 1 amide bonds. The van der Waals surface area contributed by atoms with E-state index in [0.717, 1.165) is 42.8 Å². The monoisotopic (exact) mass is 394 g/mol. The second-order valence-corrected chi connectivity index (χ2v) is 7.54. The molecule has 2 unspecified atom stereocenters. The first-order valence-corrected chi connectivity index (χ1v) is 10.1. The van der Waals surface area contributed by atoms with Crippen molar-refractivity contribution in [3.05, 3.63) is 65.2 Å². The van der Waals surface area contributed by atoms with Gasteiger partial charge in [-0.15, -0.1) is 0 Å². The van der Waals surface area contributed by atoms with Gasteiger partial charge < -0.3 is 14.8 Å². The Balaban J connectivity index is 1.46. The molecule has 2 aliphatic rings. The molecule has 2 heterocycles. The van der Waals surface area contributed by atoms with Crippen LogP contribution in [-0.2, 0) is 16.0 Å². The number of benzene rings is 2. The summed E-state index contributed by atoms with van der Waals surface area (Å²) in [6, 6.07) is 15.3. The van der Waals surface area contributed by atoms with Crippen molar-refractivity contribution in [3.63, 3.8) is 0 Å². The zero-order valence-electron chi connectivity index (χ0n) is 16.6. The summed E-state index contributed by atoms with van der Waals surface area (Å²) >= 11 is 0. The minimum absolute atomic E-state index is 0.0585. The molecule has 4 rings (SSSR count). The van der Waals surface area contributed by atoms with Gasteiger partial charge in [0.15, 0.2) is 6.10 Å². The quantitative estimate of drug-likeness (QED) is 0.763. The Bertz CT molecular complexity index is 892. The molecule has 0 spiro atoms. The number of hydrogen-bond acceptors (Lipinski definition) is 5. The molecule has 2 aromatic rings. The molecular formula is C23H26N2O4. The van der Waals surface area contributed by atoms with Gasteiger partial charge in [-0.25, -0.2) is 4.79 Å². The fourth-order valence-electron chi connectivity index (χ4n) is 4.15. The third-order valence-electron chi connectivity index (χ3n) is 5.71. The molecule has 0 bridgehead atoms. The number of fused-ring (bicyclic) bond motifs is 1. The Kier molecular flexibility index (Phi) is 5.81. The highest BCUT2D eigenvalue weighted by molar-refractivity contribution is 5.95. The third-order valence-corrected chi connectivity index (χ3v) is 5.71. The summed E-state index contributed by atoms with van der Waals surface area (Å²) in [7, 11) is 1.65. The summed E-state index contributed by atoms with van der Waals surface area (Å²) in [4.78, 5) is 27.4. The highest BCUT2D eigenvalue weighted by Gasteiger charge is 2.32. The van der Waals surface area contributed by atoms with E-state index >= 15 is 0 Å². The minimum Gasteiger partial charge on any atom is -0.497 e. The zero-order chi connectivity index (χ0) is 20.2. The topological polar surface area (TPSA) is 67.9 Å². The minimum atomic E-state index is -0.790. The molecule has 0 radical (unpaired) electrons. The average Bonchev–Trinajstić information content (AvgIpc) is 3.28. The second-order valence-electron chi connectivity index (χ2n) is 7.54. The summed E-state index contributed by atoms with van der Waals surface area (Å²) in [5.74, 6) is 0.117. The van der Waals surface area contributed by atoms with Gasteiger partial charge in [-0.3, -0.25) is 9.69 Å². The van der Waals surface area contributed by atoms with Crippen molar-refractivity contribution >= 4 is 11.9 Å². The van der Waals surface area contributed by atoms with Crippen LogP contribution in [0.1, 0.15) is 40.4 Å². The number of nitrogens with zero attached hydrogens (tertiary/aromatic N) is 1. The first kappa shape index (κ1) is 19.5. The number of rotatable bonds is 6. The predicted molar refractivity (Wildman–Crippen MR) is 109 cm³/mol. The molecule has 1 N–H and O–H groups in total. The number of carbonyl (C=O) groups is 2. The zero-order valence-corrected chi connectivity index (χ0v) is 16.6. The summed E-state index contributed by atoms with van der Waals surface area (Å²) in [5, 5.41) is 3.02. The van der Waals surface area contributed by atoms with Gasteiger partial charge in [-0.05, 0) is 55.3 Å². The first-order valence-electron chi connectivity index (χ1n) is 10.1. The van der Waals surface area contributed by atoms with Gasteiger partial charge in [0.2, 0.25) is 0 Å². The van der Waals surface area contributed by atoms with Gasteiger partial charge in [0.25, 0.3) is 5.91 Å². The lowest BCUT2D eigenvalue weighted by Gasteiger charge is -2.30. The normalized spacial score (nSPS) is 19.9. The van der Waals surface area contributed by atoms with Crippen LogP contribution in [0.3, 0.4) is 0 Å². The van der Waals surface area contributed by atoms with Gasteiger partial charge >= 0.3 is 5.97 Å². The van der Waals surface area contributed by atoms with E-state index in [1.54, 1.807) is 19.2 Å². The lowest BCUT2D eigenvalue weighted by atomic mass is 9.98. The van der Waals surface area contributed by atoms with Crippen LogP contribution < -0.4 is 10.1 Å². The van der Waals surface area contributed by atoms with E-state index < -0.39 is 12.1 Å². The number of carbonyl (C=O) groups excluding carboxylic acids is 2. The molecule has 1 fully saturated rings. The molecule has 0 saturated carbocycles. The molecular weight excluding hydrogens is 368 g/mol. The largest absolute Gasteiger partial charge is 0.497 e. The van der Waals surface area contributed by atoms with Gasteiger partial charge in [-0.2, -0.15) is 0 Å². The number of nitrogens with one attached hydrogen (secondary N) is 1. The molecule has 6 heteroatoms. The van der Waals surface area contributed by atoms with E-state index in [0.29, 0.717) is 18.5 Å². The summed E-state index contributed by atoms with van der Waals surface area (Å²) in [6.45, 7) is 2.47. The first-order chi connectivity index (χ1) is 14.2. The van der Waals surface area contributed by atoms with Crippen molar-refractivity contribution in [2.24, 2.45) is 0 Å².